The van der Waals surface area contributed by atoms with Crippen LogP contribution in [0.2, 0.25) is 0 Å². The molecule has 9 heteroatoms. The first-order chi connectivity index (χ1) is 18.1. The van der Waals surface area contributed by atoms with E-state index < -0.39 is 35.5 Å². The molecule has 198 valence electrons. The molecule has 0 bridgehead atoms. The Hall–Kier alpha value is -4.08. The fraction of sp³-hybridized carbons (Fsp3) is 0.276. The van der Waals surface area contributed by atoms with Crippen molar-refractivity contribution in [2.75, 3.05) is 19.6 Å². The summed E-state index contributed by atoms with van der Waals surface area (Å²) in [6.45, 7) is 1.53. The van der Waals surface area contributed by atoms with E-state index in [1.165, 1.54) is 48.5 Å². The smallest absolute Gasteiger partial charge is 0.236 e. The first kappa shape index (κ1) is 27.0. The summed E-state index contributed by atoms with van der Waals surface area (Å²) in [6.07, 6.45) is 0. The summed E-state index contributed by atoms with van der Waals surface area (Å²) in [5.41, 5.74) is 12.7. The number of likely N-dealkylation sites (tertiary alicyclic amines) is 1. The van der Waals surface area contributed by atoms with Crippen LogP contribution in [-0.4, -0.2) is 58.3 Å². The number of benzene rings is 3. The molecule has 0 radical (unpaired) electrons. The van der Waals surface area contributed by atoms with Crippen molar-refractivity contribution in [3.8, 4) is 11.5 Å². The number of hydrogen-bond acceptors (Lipinski definition) is 7. The third-order valence-corrected chi connectivity index (χ3v) is 7.33. The Labute approximate surface area is 219 Å². The van der Waals surface area contributed by atoms with Crippen LogP contribution in [-0.2, 0) is 4.79 Å². The van der Waals surface area contributed by atoms with E-state index in [0.29, 0.717) is 11.1 Å². The van der Waals surface area contributed by atoms with Gasteiger partial charge in [0.15, 0.2) is 11.6 Å². The average Bonchev–Trinajstić information content (AvgIpc) is 2.89. The van der Waals surface area contributed by atoms with Crippen molar-refractivity contribution in [1.29, 1.82) is 0 Å². The van der Waals surface area contributed by atoms with Crippen molar-refractivity contribution < 1.29 is 29.0 Å². The van der Waals surface area contributed by atoms with Crippen LogP contribution < -0.4 is 11.5 Å². The number of halogens is 1. The number of carbonyl (C=O) groups is 3. The van der Waals surface area contributed by atoms with Crippen LogP contribution in [0.15, 0.2) is 66.7 Å². The van der Waals surface area contributed by atoms with Gasteiger partial charge in [0.05, 0.1) is 0 Å². The molecule has 1 saturated heterocycles. The van der Waals surface area contributed by atoms with Gasteiger partial charge in [0.2, 0.25) is 5.91 Å². The normalized spacial score (nSPS) is 20.6. The molecule has 6 N–H and O–H groups in total. The Morgan fingerprint density at radius 2 is 1.42 bits per heavy atom. The van der Waals surface area contributed by atoms with Crippen molar-refractivity contribution in [2.45, 2.75) is 18.9 Å². The number of Topliss-reactive ketones (excluding diaryl/α,β-unsaturated/α-hetero) is 2. The standard InChI is InChI=1S/C29H30FN3O5/c1-16-21(9-4-10-24(16)30)26-22(27(36)17-5-2-7-19(34)11-17)14-33(25(13-31)29(32)38)15-23(26)28(37)18-6-3-8-20(35)12-18/h2-12,22-23,25-26,34-35H,13-15,31H2,1H3,(H2,32,38)/t22?,23?,25-,26?/m0/s1. The molecule has 1 heterocycles. The second-order valence-corrected chi connectivity index (χ2v) is 9.63. The SMILES string of the molecule is Cc1c(F)cccc1C1C(C(=O)c2cccc(O)c2)CN([C@@H](CN)C(N)=O)CC1C(=O)c1cccc(O)c1. The number of rotatable bonds is 8. The Bertz CT molecular complexity index is 1310. The van der Waals surface area contributed by atoms with Crippen molar-refractivity contribution in [1.82, 2.24) is 4.90 Å². The van der Waals surface area contributed by atoms with E-state index >= 15 is 0 Å². The molecule has 2 unspecified atom stereocenters. The number of amides is 1. The summed E-state index contributed by atoms with van der Waals surface area (Å²) in [4.78, 5) is 41.9. The van der Waals surface area contributed by atoms with E-state index in [1.54, 1.807) is 30.0 Å². The second kappa shape index (κ2) is 11.1. The summed E-state index contributed by atoms with van der Waals surface area (Å²) < 4.78 is 14.8. The highest BCUT2D eigenvalue weighted by Crippen LogP contribution is 2.43. The molecular weight excluding hydrogens is 489 g/mol. The minimum Gasteiger partial charge on any atom is -0.508 e. The van der Waals surface area contributed by atoms with Gasteiger partial charge in [0.25, 0.3) is 0 Å². The van der Waals surface area contributed by atoms with Crippen molar-refractivity contribution in [2.24, 2.45) is 23.3 Å². The quantitative estimate of drug-likeness (QED) is 0.335. The highest BCUT2D eigenvalue weighted by Gasteiger charge is 2.47. The minimum absolute atomic E-state index is 0.0315. The number of carbonyl (C=O) groups excluding carboxylic acids is 3. The molecule has 3 atom stereocenters. The monoisotopic (exact) mass is 519 g/mol. The number of aromatic hydroxyl groups is 2. The van der Waals surface area contributed by atoms with E-state index in [9.17, 15) is 29.0 Å². The number of nitrogens with zero attached hydrogens (tertiary/aromatic N) is 1. The molecule has 1 aliphatic rings. The summed E-state index contributed by atoms with van der Waals surface area (Å²) in [5, 5.41) is 20.0. The zero-order valence-corrected chi connectivity index (χ0v) is 20.9. The molecule has 3 aromatic carbocycles. The predicted molar refractivity (Wildman–Crippen MR) is 139 cm³/mol. The third-order valence-electron chi connectivity index (χ3n) is 7.33. The lowest BCUT2D eigenvalue weighted by molar-refractivity contribution is -0.124. The number of piperidine rings is 1. The first-order valence-corrected chi connectivity index (χ1v) is 12.3. The van der Waals surface area contributed by atoms with Crippen LogP contribution in [0, 0.1) is 24.6 Å². The van der Waals surface area contributed by atoms with Crippen LogP contribution in [0.3, 0.4) is 0 Å². The van der Waals surface area contributed by atoms with Crippen molar-refractivity contribution >= 4 is 17.5 Å². The van der Waals surface area contributed by atoms with Gasteiger partial charge in [-0.3, -0.25) is 19.3 Å². The zero-order valence-electron chi connectivity index (χ0n) is 20.9. The van der Waals surface area contributed by atoms with Gasteiger partial charge in [-0.1, -0.05) is 36.4 Å². The lowest BCUT2D eigenvalue weighted by Crippen LogP contribution is -2.58. The van der Waals surface area contributed by atoms with Gasteiger partial charge in [0, 0.05) is 48.5 Å². The van der Waals surface area contributed by atoms with Crippen LogP contribution in [0.25, 0.3) is 0 Å². The maximum atomic E-state index is 14.8. The van der Waals surface area contributed by atoms with E-state index in [1.807, 2.05) is 0 Å². The maximum Gasteiger partial charge on any atom is 0.236 e. The number of ketones is 2. The summed E-state index contributed by atoms with van der Waals surface area (Å²) in [7, 11) is 0. The lowest BCUT2D eigenvalue weighted by Gasteiger charge is -2.45. The average molecular weight is 520 g/mol. The highest BCUT2D eigenvalue weighted by molar-refractivity contribution is 6.02. The number of hydrogen-bond donors (Lipinski definition) is 4. The van der Waals surface area contributed by atoms with Crippen LogP contribution >= 0.6 is 0 Å². The van der Waals surface area contributed by atoms with Gasteiger partial charge < -0.3 is 21.7 Å². The highest BCUT2D eigenvalue weighted by atomic mass is 19.1. The predicted octanol–water partition coefficient (Wildman–Crippen LogP) is 2.76. The molecule has 0 aromatic heterocycles. The summed E-state index contributed by atoms with van der Waals surface area (Å²) >= 11 is 0. The molecule has 0 saturated carbocycles. The fourth-order valence-corrected chi connectivity index (χ4v) is 5.44. The molecule has 1 aliphatic heterocycles. The van der Waals surface area contributed by atoms with E-state index in [2.05, 4.69) is 0 Å². The van der Waals surface area contributed by atoms with E-state index in [0.717, 1.165) is 0 Å². The third kappa shape index (κ3) is 5.29. The largest absolute Gasteiger partial charge is 0.508 e. The lowest BCUT2D eigenvalue weighted by atomic mass is 9.67. The molecule has 4 rings (SSSR count). The van der Waals surface area contributed by atoms with Gasteiger partial charge in [-0.2, -0.15) is 0 Å². The van der Waals surface area contributed by atoms with Crippen molar-refractivity contribution in [3.05, 3.63) is 94.8 Å². The molecule has 0 spiro atoms. The molecule has 1 fully saturated rings. The zero-order chi connectivity index (χ0) is 27.6. The minimum atomic E-state index is -0.941. The molecule has 38 heavy (non-hydrogen) atoms. The van der Waals surface area contributed by atoms with Crippen molar-refractivity contribution in [3.63, 3.8) is 0 Å². The van der Waals surface area contributed by atoms with Gasteiger partial charge in [-0.25, -0.2) is 4.39 Å². The number of phenolic OH excluding ortho intramolecular Hbond substituents is 2. The Morgan fingerprint density at radius 3 is 1.87 bits per heavy atom. The number of phenols is 2. The molecule has 3 aromatic rings. The molecular formula is C29H30FN3O5. The van der Waals surface area contributed by atoms with Crippen LogP contribution in [0.1, 0.15) is 37.8 Å². The number of primary amides is 1. The Balaban J connectivity index is 1.91. The maximum absolute atomic E-state index is 14.8. The molecule has 0 aliphatic carbocycles. The summed E-state index contributed by atoms with van der Waals surface area (Å²) in [6, 6.07) is 15.3. The van der Waals surface area contributed by atoms with Gasteiger partial charge in [0.1, 0.15) is 23.4 Å². The van der Waals surface area contributed by atoms with Crippen LogP contribution in [0.4, 0.5) is 4.39 Å². The fourth-order valence-electron chi connectivity index (χ4n) is 5.44. The molecule has 8 nitrogen and oxygen atoms in total. The van der Waals surface area contributed by atoms with E-state index in [4.69, 9.17) is 11.5 Å². The van der Waals surface area contributed by atoms with Gasteiger partial charge in [-0.05, 0) is 48.4 Å². The van der Waals surface area contributed by atoms with E-state index in [-0.39, 0.29) is 53.8 Å². The first-order valence-electron chi connectivity index (χ1n) is 12.3. The summed E-state index contributed by atoms with van der Waals surface area (Å²) in [5.74, 6) is -4.75. The topological polar surface area (TPSA) is 147 Å². The van der Waals surface area contributed by atoms with Gasteiger partial charge in [-0.15, -0.1) is 0 Å². The Kier molecular flexibility index (Phi) is 7.89. The molecule has 1 amide bonds. The van der Waals surface area contributed by atoms with Crippen LogP contribution in [0.5, 0.6) is 11.5 Å². The second-order valence-electron chi connectivity index (χ2n) is 9.63. The number of nitrogens with two attached hydrogens (primary N) is 2. The van der Waals surface area contributed by atoms with Gasteiger partial charge >= 0.3 is 0 Å². The Morgan fingerprint density at radius 1 is 0.921 bits per heavy atom.